The molecule has 1 aliphatic heterocycles. The van der Waals surface area contributed by atoms with Gasteiger partial charge >= 0.3 is 5.97 Å². The topological polar surface area (TPSA) is 63.7 Å². The van der Waals surface area contributed by atoms with Gasteiger partial charge < -0.3 is 4.74 Å². The molecule has 112 valence electrons. The molecule has 0 aromatic rings. The van der Waals surface area contributed by atoms with Crippen LogP contribution in [0.15, 0.2) is 12.2 Å². The van der Waals surface area contributed by atoms with Crippen LogP contribution in [-0.2, 0) is 19.1 Å². The fourth-order valence-electron chi connectivity index (χ4n) is 1.98. The van der Waals surface area contributed by atoms with Gasteiger partial charge in [-0.3, -0.25) is 19.3 Å². The zero-order valence-electron chi connectivity index (χ0n) is 12.1. The third-order valence-electron chi connectivity index (χ3n) is 3.17. The van der Waals surface area contributed by atoms with Gasteiger partial charge in [-0.15, -0.1) is 0 Å². The first-order valence-corrected chi connectivity index (χ1v) is 7.34. The van der Waals surface area contributed by atoms with Crippen molar-refractivity contribution in [1.29, 1.82) is 0 Å². The van der Waals surface area contributed by atoms with Gasteiger partial charge in [-0.2, -0.15) is 0 Å². The van der Waals surface area contributed by atoms with Gasteiger partial charge in [-0.25, -0.2) is 0 Å². The molecule has 0 N–H and O–H groups in total. The number of hydrogen-bond donors (Lipinski definition) is 0. The lowest BCUT2D eigenvalue weighted by atomic mass is 10.2. The van der Waals surface area contributed by atoms with Crippen molar-refractivity contribution in [3.05, 3.63) is 12.2 Å². The van der Waals surface area contributed by atoms with E-state index in [1.165, 1.54) is 17.1 Å². The smallest absolute Gasteiger partial charge is 0.305 e. The molecule has 0 saturated heterocycles. The quantitative estimate of drug-likeness (QED) is 0.350. The number of esters is 1. The Bertz CT molecular complexity index is 358. The zero-order valence-corrected chi connectivity index (χ0v) is 12.1. The Morgan fingerprint density at radius 3 is 2.40 bits per heavy atom. The molecule has 20 heavy (non-hydrogen) atoms. The third kappa shape index (κ3) is 5.99. The second-order valence-electron chi connectivity index (χ2n) is 4.90. The molecular weight excluding hydrogens is 258 g/mol. The third-order valence-corrected chi connectivity index (χ3v) is 3.17. The zero-order chi connectivity index (χ0) is 14.8. The number of ether oxygens (including phenoxy) is 1. The van der Waals surface area contributed by atoms with Crippen LogP contribution >= 0.6 is 0 Å². The van der Waals surface area contributed by atoms with E-state index in [-0.39, 0.29) is 17.8 Å². The first-order chi connectivity index (χ1) is 9.65. The first kappa shape index (κ1) is 16.4. The summed E-state index contributed by atoms with van der Waals surface area (Å²) in [5.74, 6) is -0.647. The summed E-state index contributed by atoms with van der Waals surface area (Å²) in [6.45, 7) is 3.04. The number of imide groups is 1. The summed E-state index contributed by atoms with van der Waals surface area (Å²) in [6.07, 6.45) is 8.37. The summed E-state index contributed by atoms with van der Waals surface area (Å²) in [6, 6.07) is 0. The van der Waals surface area contributed by atoms with E-state index in [9.17, 15) is 14.4 Å². The molecular formula is C15H23NO4. The fourth-order valence-corrected chi connectivity index (χ4v) is 1.98. The van der Waals surface area contributed by atoms with Crippen LogP contribution < -0.4 is 0 Å². The van der Waals surface area contributed by atoms with E-state index in [4.69, 9.17) is 4.74 Å². The average molecular weight is 281 g/mol. The van der Waals surface area contributed by atoms with Crippen LogP contribution in [0, 0.1) is 0 Å². The van der Waals surface area contributed by atoms with Crippen molar-refractivity contribution in [2.75, 3.05) is 13.2 Å². The highest BCUT2D eigenvalue weighted by atomic mass is 16.5. The second-order valence-corrected chi connectivity index (χ2v) is 4.90. The van der Waals surface area contributed by atoms with Crippen molar-refractivity contribution < 1.29 is 19.1 Å². The van der Waals surface area contributed by atoms with Crippen LogP contribution in [-0.4, -0.2) is 35.8 Å². The fraction of sp³-hybridized carbons (Fsp3) is 0.667. The molecule has 5 heteroatoms. The summed E-state index contributed by atoms with van der Waals surface area (Å²) >= 11 is 0. The Labute approximate surface area is 120 Å². The number of nitrogens with zero attached hydrogens (tertiary/aromatic N) is 1. The molecule has 1 rings (SSSR count). The van der Waals surface area contributed by atoms with Gasteiger partial charge in [0, 0.05) is 25.1 Å². The van der Waals surface area contributed by atoms with Crippen LogP contribution in [0.2, 0.25) is 0 Å². The number of carbonyl (C=O) groups is 3. The number of carbonyl (C=O) groups excluding carboxylic acids is 3. The predicted octanol–water partition coefficient (Wildman–Crippen LogP) is 2.21. The van der Waals surface area contributed by atoms with E-state index in [1.807, 2.05) is 0 Å². The van der Waals surface area contributed by atoms with Gasteiger partial charge in [-0.05, 0) is 19.3 Å². The van der Waals surface area contributed by atoms with Crippen molar-refractivity contribution in [1.82, 2.24) is 4.90 Å². The van der Waals surface area contributed by atoms with Crippen LogP contribution in [0.5, 0.6) is 0 Å². The van der Waals surface area contributed by atoms with E-state index in [1.54, 1.807) is 0 Å². The summed E-state index contributed by atoms with van der Waals surface area (Å²) < 4.78 is 5.09. The Kier molecular flexibility index (Phi) is 7.62. The minimum absolute atomic E-state index is 0.156. The van der Waals surface area contributed by atoms with Gasteiger partial charge in [0.05, 0.1) is 6.61 Å². The number of unbranched alkanes of at least 4 members (excludes halogenated alkanes) is 4. The lowest BCUT2D eigenvalue weighted by molar-refractivity contribution is -0.144. The molecule has 5 nitrogen and oxygen atoms in total. The maximum absolute atomic E-state index is 11.4. The normalized spacial score (nSPS) is 14.2. The van der Waals surface area contributed by atoms with Crippen molar-refractivity contribution >= 4 is 17.8 Å². The van der Waals surface area contributed by atoms with Crippen molar-refractivity contribution in [3.63, 3.8) is 0 Å². The SMILES string of the molecule is CCCCCOC(=O)CCCCCN1C(=O)C=CC1=O. The van der Waals surface area contributed by atoms with Crippen LogP contribution in [0.25, 0.3) is 0 Å². The van der Waals surface area contributed by atoms with Gasteiger partial charge in [0.1, 0.15) is 0 Å². The number of rotatable bonds is 10. The minimum atomic E-state index is -0.245. The maximum atomic E-state index is 11.4. The van der Waals surface area contributed by atoms with Crippen molar-refractivity contribution in [2.24, 2.45) is 0 Å². The van der Waals surface area contributed by atoms with Crippen LogP contribution in [0.4, 0.5) is 0 Å². The highest BCUT2D eigenvalue weighted by molar-refractivity contribution is 6.12. The second kappa shape index (κ2) is 9.28. The lowest BCUT2D eigenvalue weighted by Gasteiger charge is -2.12. The molecule has 0 spiro atoms. The van der Waals surface area contributed by atoms with E-state index in [0.717, 1.165) is 38.5 Å². The molecule has 0 radical (unpaired) electrons. The van der Waals surface area contributed by atoms with E-state index in [0.29, 0.717) is 19.6 Å². The Hall–Kier alpha value is -1.65. The van der Waals surface area contributed by atoms with Gasteiger partial charge in [0.15, 0.2) is 0 Å². The monoisotopic (exact) mass is 281 g/mol. The highest BCUT2D eigenvalue weighted by Crippen LogP contribution is 2.08. The lowest BCUT2D eigenvalue weighted by Crippen LogP contribution is -2.30. The van der Waals surface area contributed by atoms with Crippen LogP contribution in [0.3, 0.4) is 0 Å². The molecule has 1 heterocycles. The van der Waals surface area contributed by atoms with Gasteiger partial charge in [0.2, 0.25) is 0 Å². The van der Waals surface area contributed by atoms with Gasteiger partial charge in [-0.1, -0.05) is 26.2 Å². The molecule has 0 aromatic carbocycles. The maximum Gasteiger partial charge on any atom is 0.305 e. The first-order valence-electron chi connectivity index (χ1n) is 7.34. The van der Waals surface area contributed by atoms with E-state index in [2.05, 4.69) is 6.92 Å². The number of amides is 2. The summed E-state index contributed by atoms with van der Waals surface area (Å²) in [4.78, 5) is 35.1. The molecule has 2 amide bonds. The summed E-state index contributed by atoms with van der Waals surface area (Å²) in [7, 11) is 0. The molecule has 0 fully saturated rings. The Morgan fingerprint density at radius 1 is 1.05 bits per heavy atom. The molecule has 0 aromatic heterocycles. The molecule has 0 aliphatic carbocycles. The van der Waals surface area contributed by atoms with E-state index < -0.39 is 0 Å². The Balaban J connectivity index is 1.98. The minimum Gasteiger partial charge on any atom is -0.466 e. The molecule has 0 atom stereocenters. The molecule has 0 unspecified atom stereocenters. The largest absolute Gasteiger partial charge is 0.466 e. The average Bonchev–Trinajstić information content (AvgIpc) is 2.74. The summed E-state index contributed by atoms with van der Waals surface area (Å²) in [5.41, 5.74) is 0. The molecule has 1 aliphatic rings. The Morgan fingerprint density at radius 2 is 1.75 bits per heavy atom. The predicted molar refractivity (Wildman–Crippen MR) is 74.8 cm³/mol. The van der Waals surface area contributed by atoms with Gasteiger partial charge in [0.25, 0.3) is 11.8 Å². The molecule has 0 saturated carbocycles. The number of hydrogen-bond acceptors (Lipinski definition) is 4. The highest BCUT2D eigenvalue weighted by Gasteiger charge is 2.22. The standard InChI is InChI=1S/C15H23NO4/c1-2-3-7-12-20-15(19)8-5-4-6-11-16-13(17)9-10-14(16)18/h9-10H,2-8,11-12H2,1H3. The summed E-state index contributed by atoms with van der Waals surface area (Å²) in [5, 5.41) is 0. The van der Waals surface area contributed by atoms with Crippen molar-refractivity contribution in [2.45, 2.75) is 51.9 Å². The van der Waals surface area contributed by atoms with Crippen molar-refractivity contribution in [3.8, 4) is 0 Å². The van der Waals surface area contributed by atoms with Crippen LogP contribution in [0.1, 0.15) is 51.9 Å². The van der Waals surface area contributed by atoms with E-state index >= 15 is 0 Å². The molecule has 0 bridgehead atoms.